The summed E-state index contributed by atoms with van der Waals surface area (Å²) in [6.07, 6.45) is -0.910. The third-order valence-electron chi connectivity index (χ3n) is 7.35. The van der Waals surface area contributed by atoms with Gasteiger partial charge in [0.25, 0.3) is 0 Å². The Labute approximate surface area is 206 Å². The van der Waals surface area contributed by atoms with Gasteiger partial charge in [0.2, 0.25) is 5.91 Å². The van der Waals surface area contributed by atoms with E-state index in [4.69, 9.17) is 10.5 Å². The van der Waals surface area contributed by atoms with Gasteiger partial charge in [0.05, 0.1) is 18.1 Å². The van der Waals surface area contributed by atoms with E-state index in [1.54, 1.807) is 6.07 Å². The van der Waals surface area contributed by atoms with E-state index >= 15 is 0 Å². The Morgan fingerprint density at radius 2 is 1.86 bits per heavy atom. The van der Waals surface area contributed by atoms with Crippen LogP contribution in [0.3, 0.4) is 0 Å². The number of benzene rings is 1. The molecule has 2 saturated carbocycles. The number of primary amides is 1. The van der Waals surface area contributed by atoms with E-state index in [0.29, 0.717) is 11.1 Å². The number of aliphatic hydroxyl groups is 1. The summed E-state index contributed by atoms with van der Waals surface area (Å²) >= 11 is 0. The van der Waals surface area contributed by atoms with Crippen LogP contribution in [0.4, 0.5) is 4.79 Å². The lowest BCUT2D eigenvalue weighted by Crippen LogP contribution is -2.68. The fourth-order valence-corrected chi connectivity index (χ4v) is 5.66. The third-order valence-corrected chi connectivity index (χ3v) is 7.35. The summed E-state index contributed by atoms with van der Waals surface area (Å²) in [7, 11) is 0. The molecule has 11 heteroatoms. The third kappa shape index (κ3) is 3.97. The molecule has 3 aliphatic carbocycles. The Morgan fingerprint density at radius 1 is 1.17 bits per heavy atom. The van der Waals surface area contributed by atoms with Crippen molar-refractivity contribution in [1.29, 1.82) is 0 Å². The van der Waals surface area contributed by atoms with E-state index in [2.05, 4.69) is 5.32 Å². The molecule has 0 radical (unpaired) electrons. The second-order valence-electron chi connectivity index (χ2n) is 10.2. The average Bonchev–Trinajstić information content (AvgIpc) is 2.79. The van der Waals surface area contributed by atoms with Crippen molar-refractivity contribution >= 4 is 35.1 Å². The normalized spacial score (nSPS) is 29.3. The molecule has 0 heterocycles. The van der Waals surface area contributed by atoms with Gasteiger partial charge in [0.1, 0.15) is 5.75 Å². The number of ether oxygens (including phenoxy) is 1. The van der Waals surface area contributed by atoms with Crippen molar-refractivity contribution in [3.8, 4) is 5.75 Å². The highest BCUT2D eigenvalue weighted by atomic mass is 16.5. The van der Waals surface area contributed by atoms with Crippen LogP contribution < -0.4 is 11.1 Å². The van der Waals surface area contributed by atoms with Crippen molar-refractivity contribution in [3.05, 3.63) is 28.8 Å². The lowest BCUT2D eigenvalue weighted by Gasteiger charge is -2.48. The summed E-state index contributed by atoms with van der Waals surface area (Å²) in [5.74, 6) is -10.5. The number of nitrogens with two attached hydrogens (primary N) is 1. The molecule has 1 aromatic rings. The number of alkyl carbamates (subject to hydrolysis) is 1. The number of nitrogens with one attached hydrogen (secondary N) is 1. The van der Waals surface area contributed by atoms with Gasteiger partial charge >= 0.3 is 6.09 Å². The molecule has 1 aromatic carbocycles. The quantitative estimate of drug-likeness (QED) is 0.409. The van der Waals surface area contributed by atoms with Gasteiger partial charge in [-0.25, -0.2) is 4.79 Å². The van der Waals surface area contributed by atoms with E-state index in [9.17, 15) is 39.0 Å². The van der Waals surface area contributed by atoms with Crippen LogP contribution in [0.2, 0.25) is 0 Å². The maximum atomic E-state index is 13.5. The number of Topliss-reactive ketones (excluding diaryl/α,β-unsaturated/α-hetero) is 4. The summed E-state index contributed by atoms with van der Waals surface area (Å²) in [4.78, 5) is 76.0. The molecule has 2 amide bonds. The molecule has 192 valence electrons. The molecule has 5 atom stereocenters. The van der Waals surface area contributed by atoms with Gasteiger partial charge in [-0.15, -0.1) is 0 Å². The van der Waals surface area contributed by atoms with E-state index < -0.39 is 70.8 Å². The summed E-state index contributed by atoms with van der Waals surface area (Å²) in [6.45, 7) is 4.00. The highest BCUT2D eigenvalue weighted by Gasteiger charge is 2.66. The zero-order valence-corrected chi connectivity index (χ0v) is 19.9. The molecule has 0 spiro atoms. The summed E-state index contributed by atoms with van der Waals surface area (Å²) in [5, 5.41) is 24.3. The van der Waals surface area contributed by atoms with E-state index in [1.165, 1.54) is 6.07 Å². The maximum Gasteiger partial charge on any atom is 0.407 e. The Morgan fingerprint density at radius 3 is 2.50 bits per heavy atom. The maximum absolute atomic E-state index is 13.5. The molecule has 2 fully saturated rings. The second-order valence-corrected chi connectivity index (χ2v) is 10.2. The Hall–Kier alpha value is -3.60. The van der Waals surface area contributed by atoms with Crippen LogP contribution in [0.15, 0.2) is 12.1 Å². The predicted molar refractivity (Wildman–Crippen MR) is 122 cm³/mol. The number of amides is 2. The van der Waals surface area contributed by atoms with Crippen molar-refractivity contribution in [2.45, 2.75) is 45.3 Å². The summed E-state index contributed by atoms with van der Waals surface area (Å²) in [5.41, 5.74) is 3.35. The van der Waals surface area contributed by atoms with E-state index in [0.717, 1.165) is 0 Å². The topological polar surface area (TPSA) is 190 Å². The first-order chi connectivity index (χ1) is 16.9. The number of hydrogen-bond donors (Lipinski definition) is 4. The Bertz CT molecular complexity index is 1190. The Balaban J connectivity index is 1.65. The summed E-state index contributed by atoms with van der Waals surface area (Å²) < 4.78 is 5.09. The van der Waals surface area contributed by atoms with Gasteiger partial charge < -0.3 is 26.0 Å². The van der Waals surface area contributed by atoms with Crippen LogP contribution >= 0.6 is 0 Å². The van der Waals surface area contributed by atoms with Gasteiger partial charge in [0, 0.05) is 18.9 Å². The predicted octanol–water partition coefficient (Wildman–Crippen LogP) is 0.209. The van der Waals surface area contributed by atoms with Crippen molar-refractivity contribution in [2.75, 3.05) is 6.61 Å². The minimum Gasteiger partial charge on any atom is -0.507 e. The van der Waals surface area contributed by atoms with Gasteiger partial charge in [-0.1, -0.05) is 19.9 Å². The zero-order valence-electron chi connectivity index (χ0n) is 19.9. The first-order valence-corrected chi connectivity index (χ1v) is 11.8. The highest BCUT2D eigenvalue weighted by molar-refractivity contribution is 6.31. The molecular weight excluding hydrogens is 472 g/mol. The molecule has 2 unspecified atom stereocenters. The lowest BCUT2D eigenvalue weighted by atomic mass is 9.53. The first kappa shape index (κ1) is 25.5. The number of phenols is 1. The Kier molecular flexibility index (Phi) is 6.46. The lowest BCUT2D eigenvalue weighted by molar-refractivity contribution is -0.175. The van der Waals surface area contributed by atoms with Gasteiger partial charge in [-0.2, -0.15) is 0 Å². The number of carbonyl (C=O) groups is 6. The molecule has 0 saturated heterocycles. The largest absolute Gasteiger partial charge is 0.507 e. The van der Waals surface area contributed by atoms with Crippen molar-refractivity contribution in [1.82, 2.24) is 5.32 Å². The number of fused-ring (bicyclic) bond motifs is 3. The number of rotatable bonds is 5. The molecule has 4 rings (SSSR count). The first-order valence-electron chi connectivity index (χ1n) is 11.8. The van der Waals surface area contributed by atoms with E-state index in [1.807, 2.05) is 13.8 Å². The van der Waals surface area contributed by atoms with Gasteiger partial charge in [-0.3, -0.25) is 24.0 Å². The van der Waals surface area contributed by atoms with E-state index in [-0.39, 0.29) is 43.2 Å². The highest BCUT2D eigenvalue weighted by Crippen LogP contribution is 2.50. The molecule has 11 nitrogen and oxygen atoms in total. The van der Waals surface area contributed by atoms with Crippen LogP contribution in [0, 0.1) is 29.6 Å². The number of aromatic hydroxyl groups is 1. The average molecular weight is 501 g/mol. The van der Waals surface area contributed by atoms with Crippen LogP contribution in [0.25, 0.3) is 0 Å². The minimum absolute atomic E-state index is 0.00000340. The van der Waals surface area contributed by atoms with Crippen LogP contribution in [-0.2, 0) is 36.9 Å². The number of carbonyl (C=O) groups excluding carboxylic acids is 6. The molecule has 5 N–H and O–H groups in total. The number of hydrogen-bond acceptors (Lipinski definition) is 9. The zero-order chi connectivity index (χ0) is 26.5. The molecule has 36 heavy (non-hydrogen) atoms. The fourth-order valence-electron chi connectivity index (χ4n) is 5.66. The minimum atomic E-state index is -2.68. The van der Waals surface area contributed by atoms with Crippen molar-refractivity contribution in [2.24, 2.45) is 35.3 Å². The number of ketones is 4. The van der Waals surface area contributed by atoms with Crippen LogP contribution in [0.1, 0.15) is 48.2 Å². The monoisotopic (exact) mass is 500 g/mol. The van der Waals surface area contributed by atoms with Gasteiger partial charge in [0.15, 0.2) is 34.7 Å². The smallest absolute Gasteiger partial charge is 0.407 e. The van der Waals surface area contributed by atoms with Crippen molar-refractivity contribution in [3.63, 3.8) is 0 Å². The number of phenolic OH excluding ortho intramolecular Hbond substituents is 1. The molecule has 0 bridgehead atoms. The second kappa shape index (κ2) is 9.12. The molecule has 0 aromatic heterocycles. The SMILES string of the molecule is CC(C)COC(=O)NCc1ccc(O)c2c1C[C@H]1C[C@H]3CC(=O)C(C(N)=O)C(=O)[C@@]3(O)C(=O)C1C2=O. The van der Waals surface area contributed by atoms with Crippen LogP contribution in [-0.4, -0.2) is 57.6 Å². The van der Waals surface area contributed by atoms with Crippen LogP contribution in [0.5, 0.6) is 5.75 Å². The molecular formula is C25H28N2O9. The standard InChI is InChI=1S/C25H28N2O9/c1-10(2)9-36-24(34)27-8-11-3-4-15(28)18-14(11)6-12-5-13-7-16(29)19(23(26)33)22(32)25(13,35)21(31)17(12)20(18)30/h3-4,10,12-13,17,19,28,35H,5-9H2,1-2H3,(H2,26,33)(H,27,34)/t12-,13+,17?,19?,25+/m1/s1. The fraction of sp³-hybridized carbons (Fsp3) is 0.520. The molecule has 3 aliphatic rings. The molecule has 0 aliphatic heterocycles. The van der Waals surface area contributed by atoms with Gasteiger partial charge in [-0.05, 0) is 41.9 Å². The summed E-state index contributed by atoms with van der Waals surface area (Å²) in [6, 6.07) is 2.82. The van der Waals surface area contributed by atoms with Crippen molar-refractivity contribution < 1.29 is 43.7 Å².